The molecule has 0 unspecified atom stereocenters. The Morgan fingerprint density at radius 1 is 1.22 bits per heavy atom. The van der Waals surface area contributed by atoms with Gasteiger partial charge in [0.05, 0.1) is 31.1 Å². The number of H-pyrrole nitrogens is 1. The van der Waals surface area contributed by atoms with Crippen LogP contribution in [0.25, 0.3) is 33.9 Å². The number of fused-ring (bicyclic) bond motifs is 1. The number of anilines is 1. The van der Waals surface area contributed by atoms with Crippen molar-refractivity contribution >= 4 is 23.2 Å². The molecule has 188 valence electrons. The first-order valence-electron chi connectivity index (χ1n) is 11.6. The summed E-state index contributed by atoms with van der Waals surface area (Å²) in [6.07, 6.45) is 1.09. The molecule has 0 bridgehead atoms. The molecule has 11 heteroatoms. The van der Waals surface area contributed by atoms with E-state index in [1.54, 1.807) is 12.1 Å². The molecule has 0 amide bonds. The van der Waals surface area contributed by atoms with E-state index in [4.69, 9.17) is 13.9 Å². The second-order valence-corrected chi connectivity index (χ2v) is 8.75. The third-order valence-corrected chi connectivity index (χ3v) is 6.12. The minimum absolute atomic E-state index is 0.0336. The van der Waals surface area contributed by atoms with Crippen LogP contribution in [0.4, 0.5) is 14.8 Å². The van der Waals surface area contributed by atoms with E-state index in [-0.39, 0.29) is 23.0 Å². The molecule has 2 N–H and O–H groups in total. The lowest BCUT2D eigenvalue weighted by Crippen LogP contribution is -2.23. The number of imidazole rings is 1. The first-order valence-corrected chi connectivity index (χ1v) is 11.6. The molecule has 1 aromatic carbocycles. The Balaban J connectivity index is 1.57. The lowest BCUT2D eigenvalue weighted by Gasteiger charge is -2.10. The average molecular weight is 498 g/mol. The van der Waals surface area contributed by atoms with Crippen molar-refractivity contribution in [2.75, 3.05) is 25.6 Å². The van der Waals surface area contributed by atoms with Gasteiger partial charge in [-0.05, 0) is 51.0 Å². The zero-order valence-electron chi connectivity index (χ0n) is 20.0. The fourth-order valence-corrected chi connectivity index (χ4v) is 4.08. The lowest BCUT2D eigenvalue weighted by molar-refractivity contribution is -0.143. The first-order chi connectivity index (χ1) is 17.3. The van der Waals surface area contributed by atoms with E-state index in [1.807, 2.05) is 13.8 Å². The molecule has 0 saturated heterocycles. The molecule has 0 spiro atoms. The number of rotatable bonds is 9. The summed E-state index contributed by atoms with van der Waals surface area (Å²) >= 11 is 0. The molecule has 1 saturated carbocycles. The van der Waals surface area contributed by atoms with Crippen molar-refractivity contribution in [3.63, 3.8) is 0 Å². The van der Waals surface area contributed by atoms with E-state index in [9.17, 15) is 13.6 Å². The molecule has 5 rings (SSSR count). The lowest BCUT2D eigenvalue weighted by atomic mass is 10.1. The quantitative estimate of drug-likeness (QED) is 0.323. The van der Waals surface area contributed by atoms with Crippen molar-refractivity contribution in [2.45, 2.75) is 38.1 Å². The number of benzene rings is 1. The second-order valence-electron chi connectivity index (χ2n) is 8.75. The van der Waals surface area contributed by atoms with Gasteiger partial charge < -0.3 is 24.2 Å². The van der Waals surface area contributed by atoms with Crippen LogP contribution < -0.4 is 5.32 Å². The van der Waals surface area contributed by atoms with Gasteiger partial charge in [0.2, 0.25) is 5.71 Å². The summed E-state index contributed by atoms with van der Waals surface area (Å²) in [6.45, 7) is 4.94. The highest BCUT2D eigenvalue weighted by atomic mass is 19.1. The molecule has 1 fully saturated rings. The normalized spacial score (nSPS) is 15.1. The van der Waals surface area contributed by atoms with Gasteiger partial charge in [-0.25, -0.2) is 18.7 Å². The number of aromatic amines is 1. The van der Waals surface area contributed by atoms with Crippen LogP contribution in [0.2, 0.25) is 0 Å². The number of nitrogens with zero attached hydrogens (tertiary/aromatic N) is 3. The number of methoxy groups -OCH3 is 1. The van der Waals surface area contributed by atoms with Gasteiger partial charge in [0.15, 0.2) is 0 Å². The highest BCUT2D eigenvalue weighted by Crippen LogP contribution is 2.49. The monoisotopic (exact) mass is 497 g/mol. The minimum Gasteiger partial charge on any atom is -0.468 e. The smallest absolute Gasteiger partial charge is 0.319 e. The van der Waals surface area contributed by atoms with Gasteiger partial charge >= 0.3 is 5.97 Å². The molecular weight excluding hydrogens is 472 g/mol. The van der Waals surface area contributed by atoms with Crippen molar-refractivity contribution in [2.24, 2.45) is 0 Å². The Kier molecular flexibility index (Phi) is 6.17. The van der Waals surface area contributed by atoms with Gasteiger partial charge in [-0.2, -0.15) is 4.98 Å². The molecule has 36 heavy (non-hydrogen) atoms. The highest BCUT2D eigenvalue weighted by Gasteiger charge is 2.55. The Labute approximate surface area is 205 Å². The standard InChI is InChI=1S/C25H25F2N5O4/c1-4-35-12-13(2)28-24-30-18-8-7-17(29-21(18)36-24)20-19(15-6-5-14(26)11-16(15)27)31-22(32-20)25(9-10-25)23(33)34-3/h5-8,11,13H,4,9-10,12H2,1-3H3,(H,28,30)(H,31,32)/t13-/m0/s1. The number of ether oxygens (including phenoxy) is 2. The van der Waals surface area contributed by atoms with Gasteiger partial charge in [0.25, 0.3) is 6.01 Å². The van der Waals surface area contributed by atoms with Crippen LogP contribution in [0.15, 0.2) is 34.7 Å². The van der Waals surface area contributed by atoms with Crippen molar-refractivity contribution in [1.29, 1.82) is 0 Å². The predicted octanol–water partition coefficient (Wildman–Crippen LogP) is 4.60. The Bertz CT molecular complexity index is 1430. The predicted molar refractivity (Wildman–Crippen MR) is 127 cm³/mol. The molecule has 0 radical (unpaired) electrons. The number of carbonyl (C=O) groups excluding carboxylic acids is 1. The minimum atomic E-state index is -0.928. The molecule has 3 aromatic heterocycles. The van der Waals surface area contributed by atoms with Gasteiger partial charge in [-0.1, -0.05) is 0 Å². The molecule has 1 atom stereocenters. The van der Waals surface area contributed by atoms with Gasteiger partial charge in [0, 0.05) is 18.2 Å². The van der Waals surface area contributed by atoms with Crippen LogP contribution >= 0.6 is 0 Å². The fraction of sp³-hybridized carbons (Fsp3) is 0.360. The number of aromatic nitrogens is 4. The van der Waals surface area contributed by atoms with Crippen LogP contribution in [0, 0.1) is 11.6 Å². The summed E-state index contributed by atoms with van der Waals surface area (Å²) < 4.78 is 44.6. The average Bonchev–Trinajstić information content (AvgIpc) is 3.39. The van der Waals surface area contributed by atoms with E-state index in [1.165, 1.54) is 13.2 Å². The molecule has 4 aromatic rings. The molecular formula is C25H25F2N5O4. The summed E-state index contributed by atoms with van der Waals surface area (Å²) in [5.74, 6) is -1.58. The molecule has 0 aliphatic heterocycles. The summed E-state index contributed by atoms with van der Waals surface area (Å²) in [5.41, 5.74) is 0.882. The second kappa shape index (κ2) is 9.30. The number of carbonyl (C=O) groups is 1. The van der Waals surface area contributed by atoms with E-state index >= 15 is 0 Å². The summed E-state index contributed by atoms with van der Waals surface area (Å²) in [5, 5.41) is 3.13. The first kappa shape index (κ1) is 23.9. The summed E-state index contributed by atoms with van der Waals surface area (Å²) in [7, 11) is 1.31. The zero-order chi connectivity index (χ0) is 25.4. The van der Waals surface area contributed by atoms with Crippen LogP contribution in [0.1, 0.15) is 32.5 Å². The number of nitrogens with one attached hydrogen (secondary N) is 2. The topological polar surface area (TPSA) is 115 Å². The van der Waals surface area contributed by atoms with Crippen molar-refractivity contribution < 1.29 is 27.5 Å². The molecule has 3 heterocycles. The summed E-state index contributed by atoms with van der Waals surface area (Å²) in [4.78, 5) is 29.2. The van der Waals surface area contributed by atoms with Crippen molar-refractivity contribution in [3.8, 4) is 22.6 Å². The number of esters is 1. The van der Waals surface area contributed by atoms with E-state index in [0.29, 0.717) is 54.8 Å². The third-order valence-electron chi connectivity index (χ3n) is 6.12. The van der Waals surface area contributed by atoms with Crippen LogP contribution in [0.5, 0.6) is 0 Å². The maximum absolute atomic E-state index is 14.8. The van der Waals surface area contributed by atoms with Gasteiger partial charge in [0.1, 0.15) is 34.1 Å². The number of hydrogen-bond acceptors (Lipinski definition) is 8. The summed E-state index contributed by atoms with van der Waals surface area (Å²) in [6, 6.07) is 6.91. The van der Waals surface area contributed by atoms with Gasteiger partial charge in [-0.15, -0.1) is 0 Å². The third kappa shape index (κ3) is 4.30. The number of halogens is 2. The maximum Gasteiger partial charge on any atom is 0.319 e. The van der Waals surface area contributed by atoms with Crippen LogP contribution in [0.3, 0.4) is 0 Å². The Hall–Kier alpha value is -3.86. The van der Waals surface area contributed by atoms with E-state index in [2.05, 4.69) is 25.3 Å². The van der Waals surface area contributed by atoms with E-state index in [0.717, 1.165) is 12.1 Å². The number of pyridine rings is 1. The van der Waals surface area contributed by atoms with Crippen molar-refractivity contribution in [1.82, 2.24) is 19.9 Å². The van der Waals surface area contributed by atoms with Crippen LogP contribution in [-0.4, -0.2) is 52.3 Å². The molecule has 1 aliphatic carbocycles. The van der Waals surface area contributed by atoms with Crippen LogP contribution in [-0.2, 0) is 19.7 Å². The number of oxazole rings is 1. The Morgan fingerprint density at radius 3 is 2.72 bits per heavy atom. The highest BCUT2D eigenvalue weighted by molar-refractivity contribution is 5.87. The number of hydrogen-bond donors (Lipinski definition) is 2. The largest absolute Gasteiger partial charge is 0.468 e. The van der Waals surface area contributed by atoms with E-state index < -0.39 is 23.0 Å². The van der Waals surface area contributed by atoms with Gasteiger partial charge in [-0.3, -0.25) is 4.79 Å². The maximum atomic E-state index is 14.8. The zero-order valence-corrected chi connectivity index (χ0v) is 20.0. The SMILES string of the molecule is CCOC[C@H](C)Nc1nc2ccc(-c3[nH]c(C4(C(=O)OC)CC4)nc3-c3ccc(F)cc3F)nc2o1. The Morgan fingerprint density at radius 2 is 2.03 bits per heavy atom. The van der Waals surface area contributed by atoms with Crippen molar-refractivity contribution in [3.05, 3.63) is 47.8 Å². The molecule has 1 aliphatic rings. The fourth-order valence-electron chi connectivity index (χ4n) is 4.08. The molecule has 9 nitrogen and oxygen atoms in total.